The fraction of sp³-hybridized carbons (Fsp3) is 0.350. The third-order valence-corrected chi connectivity index (χ3v) is 5.16. The Morgan fingerprint density at radius 3 is 2.62 bits per heavy atom. The lowest BCUT2D eigenvalue weighted by molar-refractivity contribution is 0.240. The molecule has 0 saturated heterocycles. The zero-order valence-electron chi connectivity index (χ0n) is 17.0. The van der Waals surface area contributed by atoms with Gasteiger partial charge in [0.1, 0.15) is 0 Å². The molecular formula is C20H25N5O3S. The van der Waals surface area contributed by atoms with Crippen molar-refractivity contribution < 1.29 is 14.3 Å². The predicted octanol–water partition coefficient (Wildman–Crippen LogP) is 3.00. The number of ether oxygens (including phenoxy) is 2. The van der Waals surface area contributed by atoms with Gasteiger partial charge in [-0.15, -0.1) is 11.3 Å². The minimum atomic E-state index is -0.228. The second-order valence-corrected chi connectivity index (χ2v) is 7.35. The molecule has 0 fully saturated rings. The summed E-state index contributed by atoms with van der Waals surface area (Å²) in [6.45, 7) is 4.86. The van der Waals surface area contributed by atoms with Crippen molar-refractivity contribution in [2.45, 2.75) is 26.8 Å². The highest BCUT2D eigenvalue weighted by atomic mass is 32.1. The first kappa shape index (κ1) is 20.7. The van der Waals surface area contributed by atoms with E-state index in [0.717, 1.165) is 27.8 Å². The second-order valence-electron chi connectivity index (χ2n) is 6.51. The van der Waals surface area contributed by atoms with Crippen LogP contribution in [-0.4, -0.2) is 41.6 Å². The van der Waals surface area contributed by atoms with Gasteiger partial charge in [-0.1, -0.05) is 6.07 Å². The molecular weight excluding hydrogens is 390 g/mol. The Labute approximate surface area is 173 Å². The van der Waals surface area contributed by atoms with Crippen LogP contribution in [0.15, 0.2) is 29.6 Å². The third-order valence-electron chi connectivity index (χ3n) is 4.30. The molecule has 2 aromatic heterocycles. The molecule has 9 heteroatoms. The smallest absolute Gasteiger partial charge is 0.315 e. The van der Waals surface area contributed by atoms with E-state index in [1.807, 2.05) is 48.2 Å². The number of aryl methyl sites for hydroxylation is 2. The standard InChI is InChI=1S/C20H25N5O3S/c1-13-9-14(2)25(24-13)20-23-16(12-29-20)7-8-21-19(26)22-11-15-5-6-17(27-3)18(10-15)28-4/h5-6,9-10,12H,7-8,11H2,1-4H3,(H2,21,22,26). The maximum Gasteiger partial charge on any atom is 0.315 e. The number of hydrogen-bond acceptors (Lipinski definition) is 6. The number of benzene rings is 1. The van der Waals surface area contributed by atoms with Crippen LogP contribution in [0.5, 0.6) is 11.5 Å². The van der Waals surface area contributed by atoms with Gasteiger partial charge in [0.2, 0.25) is 5.13 Å². The highest BCUT2D eigenvalue weighted by Gasteiger charge is 2.09. The summed E-state index contributed by atoms with van der Waals surface area (Å²) < 4.78 is 12.3. The van der Waals surface area contributed by atoms with Gasteiger partial charge >= 0.3 is 6.03 Å². The van der Waals surface area contributed by atoms with Gasteiger partial charge in [-0.25, -0.2) is 14.5 Å². The lowest BCUT2D eigenvalue weighted by atomic mass is 10.2. The highest BCUT2D eigenvalue weighted by molar-refractivity contribution is 7.12. The van der Waals surface area contributed by atoms with Crippen molar-refractivity contribution in [1.29, 1.82) is 0 Å². The Morgan fingerprint density at radius 2 is 1.93 bits per heavy atom. The van der Waals surface area contributed by atoms with E-state index in [-0.39, 0.29) is 6.03 Å². The maximum absolute atomic E-state index is 12.0. The molecule has 154 valence electrons. The summed E-state index contributed by atoms with van der Waals surface area (Å²) in [5, 5.41) is 13.0. The molecule has 2 heterocycles. The quantitative estimate of drug-likeness (QED) is 0.590. The average Bonchev–Trinajstić information content (AvgIpc) is 3.31. The SMILES string of the molecule is COc1ccc(CNC(=O)NCCc2csc(-n3nc(C)cc3C)n2)cc1OC. The first-order valence-electron chi connectivity index (χ1n) is 9.21. The number of amides is 2. The molecule has 0 spiro atoms. The molecule has 2 N–H and O–H groups in total. The molecule has 0 aliphatic carbocycles. The Kier molecular flexibility index (Phi) is 6.71. The molecule has 29 heavy (non-hydrogen) atoms. The van der Waals surface area contributed by atoms with E-state index in [0.29, 0.717) is 31.0 Å². The maximum atomic E-state index is 12.0. The number of methoxy groups -OCH3 is 2. The number of hydrogen-bond donors (Lipinski definition) is 2. The van der Waals surface area contributed by atoms with Crippen LogP contribution >= 0.6 is 11.3 Å². The van der Waals surface area contributed by atoms with E-state index in [1.54, 1.807) is 25.6 Å². The molecule has 3 rings (SSSR count). The molecule has 8 nitrogen and oxygen atoms in total. The van der Waals surface area contributed by atoms with Crippen molar-refractivity contribution in [3.63, 3.8) is 0 Å². The van der Waals surface area contributed by atoms with Crippen molar-refractivity contribution in [3.8, 4) is 16.6 Å². The molecule has 0 aliphatic heterocycles. The molecule has 0 aliphatic rings. The fourth-order valence-electron chi connectivity index (χ4n) is 2.87. The lowest BCUT2D eigenvalue weighted by Crippen LogP contribution is -2.36. The van der Waals surface area contributed by atoms with E-state index in [2.05, 4.69) is 20.7 Å². The number of thiazole rings is 1. The first-order valence-corrected chi connectivity index (χ1v) is 10.1. The topological polar surface area (TPSA) is 90.3 Å². The number of nitrogens with one attached hydrogen (secondary N) is 2. The summed E-state index contributed by atoms with van der Waals surface area (Å²) >= 11 is 1.54. The van der Waals surface area contributed by atoms with Gasteiger partial charge in [0.25, 0.3) is 0 Å². The van der Waals surface area contributed by atoms with Gasteiger partial charge in [-0.05, 0) is 37.6 Å². The van der Waals surface area contributed by atoms with Crippen LogP contribution < -0.4 is 20.1 Å². The Hall–Kier alpha value is -3.07. The van der Waals surface area contributed by atoms with Gasteiger partial charge < -0.3 is 20.1 Å². The highest BCUT2D eigenvalue weighted by Crippen LogP contribution is 2.27. The summed E-state index contributed by atoms with van der Waals surface area (Å²) in [5.41, 5.74) is 3.87. The van der Waals surface area contributed by atoms with Crippen LogP contribution in [0.2, 0.25) is 0 Å². The molecule has 0 bridgehead atoms. The summed E-state index contributed by atoms with van der Waals surface area (Å²) in [4.78, 5) is 16.7. The molecule has 3 aromatic rings. The van der Waals surface area contributed by atoms with E-state index in [4.69, 9.17) is 9.47 Å². The van der Waals surface area contributed by atoms with Crippen LogP contribution in [0.4, 0.5) is 4.79 Å². The van der Waals surface area contributed by atoms with Gasteiger partial charge in [-0.2, -0.15) is 5.10 Å². The Bertz CT molecular complexity index is 982. The van der Waals surface area contributed by atoms with Crippen molar-refractivity contribution in [2.24, 2.45) is 0 Å². The molecule has 1 aromatic carbocycles. The minimum Gasteiger partial charge on any atom is -0.493 e. The van der Waals surface area contributed by atoms with Crippen molar-refractivity contribution >= 4 is 17.4 Å². The number of aromatic nitrogens is 3. The molecule has 0 saturated carbocycles. The first-order chi connectivity index (χ1) is 14.0. The molecule has 0 unspecified atom stereocenters. The molecule has 0 atom stereocenters. The molecule has 0 radical (unpaired) electrons. The summed E-state index contributed by atoms with van der Waals surface area (Å²) in [5.74, 6) is 1.29. The van der Waals surface area contributed by atoms with E-state index in [1.165, 1.54) is 0 Å². The lowest BCUT2D eigenvalue weighted by Gasteiger charge is -2.11. The Balaban J connectivity index is 1.45. The van der Waals surface area contributed by atoms with Crippen molar-refractivity contribution in [2.75, 3.05) is 20.8 Å². The largest absolute Gasteiger partial charge is 0.493 e. The summed E-state index contributed by atoms with van der Waals surface area (Å²) in [7, 11) is 3.17. The zero-order chi connectivity index (χ0) is 20.8. The van der Waals surface area contributed by atoms with E-state index < -0.39 is 0 Å². The summed E-state index contributed by atoms with van der Waals surface area (Å²) in [6.07, 6.45) is 0.652. The van der Waals surface area contributed by atoms with Crippen molar-refractivity contribution in [3.05, 3.63) is 52.3 Å². The number of rotatable bonds is 8. The third kappa shape index (κ3) is 5.26. The second kappa shape index (κ2) is 9.42. The zero-order valence-corrected chi connectivity index (χ0v) is 17.8. The van der Waals surface area contributed by atoms with Gasteiger partial charge in [0.05, 0.1) is 25.6 Å². The monoisotopic (exact) mass is 415 g/mol. The van der Waals surface area contributed by atoms with Crippen LogP contribution in [-0.2, 0) is 13.0 Å². The van der Waals surface area contributed by atoms with Crippen LogP contribution in [0.25, 0.3) is 5.13 Å². The minimum absolute atomic E-state index is 0.228. The number of carbonyl (C=O) groups excluding carboxylic acids is 1. The summed E-state index contributed by atoms with van der Waals surface area (Å²) in [6, 6.07) is 7.34. The number of carbonyl (C=O) groups is 1. The predicted molar refractivity (Wildman–Crippen MR) is 112 cm³/mol. The average molecular weight is 416 g/mol. The number of urea groups is 1. The van der Waals surface area contributed by atoms with E-state index >= 15 is 0 Å². The van der Waals surface area contributed by atoms with Gasteiger partial charge in [0.15, 0.2) is 11.5 Å². The van der Waals surface area contributed by atoms with Crippen LogP contribution in [0.3, 0.4) is 0 Å². The Morgan fingerprint density at radius 1 is 1.14 bits per heavy atom. The van der Waals surface area contributed by atoms with E-state index in [9.17, 15) is 4.79 Å². The van der Waals surface area contributed by atoms with Crippen LogP contribution in [0.1, 0.15) is 22.6 Å². The molecule has 2 amide bonds. The fourth-order valence-corrected chi connectivity index (χ4v) is 3.74. The normalized spacial score (nSPS) is 10.6. The number of nitrogens with zero attached hydrogens (tertiary/aromatic N) is 3. The van der Waals surface area contributed by atoms with Crippen molar-refractivity contribution in [1.82, 2.24) is 25.4 Å². The van der Waals surface area contributed by atoms with Gasteiger partial charge in [-0.3, -0.25) is 0 Å². The van der Waals surface area contributed by atoms with Gasteiger partial charge in [0, 0.05) is 30.6 Å². The van der Waals surface area contributed by atoms with Crippen LogP contribution in [0, 0.1) is 13.8 Å².